The van der Waals surface area contributed by atoms with Crippen molar-refractivity contribution in [2.24, 2.45) is 11.8 Å². The number of hydrogen-bond acceptors (Lipinski definition) is 3. The minimum absolute atomic E-state index is 0.677. The Labute approximate surface area is 300 Å². The summed E-state index contributed by atoms with van der Waals surface area (Å²) in [7, 11) is 0. The van der Waals surface area contributed by atoms with Crippen LogP contribution in [0, 0.1) is 11.8 Å². The second-order valence-corrected chi connectivity index (χ2v) is 15.8. The maximum atomic E-state index is 6.56. The van der Waals surface area contributed by atoms with Crippen molar-refractivity contribution in [3.63, 3.8) is 0 Å². The van der Waals surface area contributed by atoms with Crippen LogP contribution in [0.5, 0.6) is 11.5 Å². The van der Waals surface area contributed by atoms with Crippen molar-refractivity contribution >= 4 is 11.3 Å². The maximum absolute atomic E-state index is 6.56. The lowest BCUT2D eigenvalue weighted by Gasteiger charge is -2.20. The summed E-state index contributed by atoms with van der Waals surface area (Å²) in [4.78, 5) is 0. The fourth-order valence-corrected chi connectivity index (χ4v) is 7.77. The molecule has 0 fully saturated rings. The lowest BCUT2D eigenvalue weighted by molar-refractivity contribution is 0.193. The van der Waals surface area contributed by atoms with Crippen molar-refractivity contribution in [2.45, 2.75) is 233 Å². The summed E-state index contributed by atoms with van der Waals surface area (Å²) in [6.07, 6.45) is 44.3. The number of ether oxygens (including phenoxy) is 2. The maximum Gasteiger partial charge on any atom is 0.171 e. The highest BCUT2D eigenvalue weighted by Crippen LogP contribution is 2.34. The molecule has 1 rings (SSSR count). The molecule has 2 nitrogen and oxygen atoms in total. The van der Waals surface area contributed by atoms with Gasteiger partial charge in [0, 0.05) is 10.8 Å². The summed E-state index contributed by atoms with van der Waals surface area (Å²) >= 11 is 1.74. The summed E-state index contributed by atoms with van der Waals surface area (Å²) in [5, 5.41) is 4.38. The molecule has 0 bridgehead atoms. The van der Waals surface area contributed by atoms with E-state index in [0.717, 1.165) is 24.7 Å². The molecular formula is C44H84O2S. The van der Waals surface area contributed by atoms with E-state index >= 15 is 0 Å². The molecule has 1 aromatic heterocycles. The van der Waals surface area contributed by atoms with Gasteiger partial charge in [-0.2, -0.15) is 0 Å². The van der Waals surface area contributed by atoms with E-state index in [-0.39, 0.29) is 0 Å². The van der Waals surface area contributed by atoms with E-state index in [1.807, 2.05) is 0 Å². The first-order chi connectivity index (χ1) is 23.2. The molecule has 278 valence electrons. The van der Waals surface area contributed by atoms with Crippen molar-refractivity contribution in [2.75, 3.05) is 13.2 Å². The van der Waals surface area contributed by atoms with Gasteiger partial charge >= 0.3 is 0 Å². The zero-order valence-electron chi connectivity index (χ0n) is 32.6. The normalized spacial score (nSPS) is 12.9. The molecule has 0 N–H and O–H groups in total. The molecule has 47 heavy (non-hydrogen) atoms. The van der Waals surface area contributed by atoms with Crippen LogP contribution in [0.4, 0.5) is 0 Å². The lowest BCUT2D eigenvalue weighted by atomic mass is 9.94. The number of thiophene rings is 1. The quantitative estimate of drug-likeness (QED) is 0.0649. The Morgan fingerprint density at radius 2 is 0.596 bits per heavy atom. The van der Waals surface area contributed by atoms with Gasteiger partial charge in [-0.15, -0.1) is 11.3 Å². The monoisotopic (exact) mass is 677 g/mol. The summed E-state index contributed by atoms with van der Waals surface area (Å²) in [5.41, 5.74) is 0. The van der Waals surface area contributed by atoms with E-state index in [4.69, 9.17) is 9.47 Å². The van der Waals surface area contributed by atoms with Crippen molar-refractivity contribution in [3.8, 4) is 11.5 Å². The first kappa shape index (κ1) is 44.3. The second kappa shape index (κ2) is 35.1. The van der Waals surface area contributed by atoms with Crippen LogP contribution < -0.4 is 9.47 Å². The van der Waals surface area contributed by atoms with Crippen LogP contribution in [0.25, 0.3) is 0 Å². The SMILES string of the molecule is CCCCCCCCCCC(CCCCCCCC)COc1cscc1OCC(CCCCCCCC)CCCCCCCCCC. The summed E-state index contributed by atoms with van der Waals surface area (Å²) in [6, 6.07) is 0. The molecule has 0 saturated heterocycles. The third-order valence-electron chi connectivity index (χ3n) is 10.4. The molecule has 0 aliphatic rings. The minimum atomic E-state index is 0.677. The Kier molecular flexibility index (Phi) is 33.1. The van der Waals surface area contributed by atoms with Crippen molar-refractivity contribution in [1.29, 1.82) is 0 Å². The molecule has 0 spiro atoms. The van der Waals surface area contributed by atoms with E-state index < -0.39 is 0 Å². The molecule has 0 amide bonds. The van der Waals surface area contributed by atoms with Crippen LogP contribution in [-0.2, 0) is 0 Å². The molecule has 0 aliphatic carbocycles. The fraction of sp³-hybridized carbons (Fsp3) is 0.909. The summed E-state index contributed by atoms with van der Waals surface area (Å²) < 4.78 is 13.1. The van der Waals surface area contributed by atoms with Crippen molar-refractivity contribution in [1.82, 2.24) is 0 Å². The molecule has 1 heterocycles. The zero-order valence-corrected chi connectivity index (χ0v) is 33.4. The highest BCUT2D eigenvalue weighted by Gasteiger charge is 2.16. The van der Waals surface area contributed by atoms with Gasteiger partial charge in [-0.1, -0.05) is 207 Å². The Morgan fingerprint density at radius 1 is 0.362 bits per heavy atom. The first-order valence-electron chi connectivity index (χ1n) is 21.6. The highest BCUT2D eigenvalue weighted by molar-refractivity contribution is 7.08. The molecule has 0 saturated carbocycles. The van der Waals surface area contributed by atoms with Gasteiger partial charge in [-0.25, -0.2) is 0 Å². The molecule has 0 aliphatic heterocycles. The molecule has 2 atom stereocenters. The standard InChI is InChI=1S/C44H84O2S/c1-5-9-13-17-21-23-27-31-35-41(33-29-25-19-15-11-7-3)37-45-43-39-47-40-44(43)46-38-42(34-30-26-20-16-12-8-4)36-32-28-24-22-18-14-10-6-2/h39-42H,5-38H2,1-4H3. The van der Waals surface area contributed by atoms with Gasteiger partial charge in [0.1, 0.15) is 0 Å². The molecule has 0 radical (unpaired) electrons. The van der Waals surface area contributed by atoms with Crippen molar-refractivity contribution in [3.05, 3.63) is 10.8 Å². The van der Waals surface area contributed by atoms with Crippen LogP contribution in [0.15, 0.2) is 10.8 Å². The second-order valence-electron chi connectivity index (χ2n) is 15.1. The number of hydrogen-bond donors (Lipinski definition) is 0. The molecular weight excluding hydrogens is 593 g/mol. The largest absolute Gasteiger partial charge is 0.489 e. The molecule has 3 heteroatoms. The van der Waals surface area contributed by atoms with Gasteiger partial charge in [0.15, 0.2) is 11.5 Å². The molecule has 0 aromatic carbocycles. The summed E-state index contributed by atoms with van der Waals surface area (Å²) in [5.74, 6) is 3.36. The van der Waals surface area contributed by atoms with Gasteiger partial charge in [0.05, 0.1) is 13.2 Å². The average molecular weight is 677 g/mol. The van der Waals surface area contributed by atoms with Gasteiger partial charge in [-0.3, -0.25) is 0 Å². The van der Waals surface area contributed by atoms with E-state index in [1.165, 1.54) is 205 Å². The van der Waals surface area contributed by atoms with E-state index in [1.54, 1.807) is 11.3 Å². The molecule has 1 aromatic rings. The fourth-order valence-electron chi connectivity index (χ4n) is 7.08. The smallest absolute Gasteiger partial charge is 0.171 e. The van der Waals surface area contributed by atoms with Gasteiger partial charge in [0.25, 0.3) is 0 Å². The Morgan fingerprint density at radius 3 is 0.851 bits per heavy atom. The topological polar surface area (TPSA) is 18.5 Å². The van der Waals surface area contributed by atoms with Crippen LogP contribution in [0.2, 0.25) is 0 Å². The zero-order chi connectivity index (χ0) is 33.9. The number of unbranched alkanes of at least 4 members (excludes halogenated alkanes) is 24. The van der Waals surface area contributed by atoms with Crippen LogP contribution in [0.3, 0.4) is 0 Å². The number of rotatable bonds is 38. The van der Waals surface area contributed by atoms with E-state index in [9.17, 15) is 0 Å². The predicted molar refractivity (Wildman–Crippen MR) is 213 cm³/mol. The lowest BCUT2D eigenvalue weighted by Crippen LogP contribution is -2.14. The average Bonchev–Trinajstić information content (AvgIpc) is 3.54. The Bertz CT molecular complexity index is 672. The minimum Gasteiger partial charge on any atom is -0.489 e. The van der Waals surface area contributed by atoms with Crippen molar-refractivity contribution < 1.29 is 9.47 Å². The van der Waals surface area contributed by atoms with Crippen LogP contribution in [-0.4, -0.2) is 13.2 Å². The van der Waals surface area contributed by atoms with E-state index in [0.29, 0.717) is 11.8 Å². The molecule has 2 unspecified atom stereocenters. The van der Waals surface area contributed by atoms with Gasteiger partial charge in [-0.05, 0) is 37.5 Å². The highest BCUT2D eigenvalue weighted by atomic mass is 32.1. The third-order valence-corrected chi connectivity index (χ3v) is 11.1. The first-order valence-corrected chi connectivity index (χ1v) is 22.5. The Balaban J connectivity index is 2.55. The van der Waals surface area contributed by atoms with Gasteiger partial charge in [0.2, 0.25) is 0 Å². The predicted octanol–water partition coefficient (Wildman–Crippen LogP) is 16.3. The van der Waals surface area contributed by atoms with Gasteiger partial charge < -0.3 is 9.47 Å². The van der Waals surface area contributed by atoms with E-state index in [2.05, 4.69) is 38.5 Å². The third kappa shape index (κ3) is 27.8. The van der Waals surface area contributed by atoms with Crippen LogP contribution >= 0.6 is 11.3 Å². The van der Waals surface area contributed by atoms with Crippen LogP contribution in [0.1, 0.15) is 233 Å². The summed E-state index contributed by atoms with van der Waals surface area (Å²) in [6.45, 7) is 11.0. The Hall–Kier alpha value is -0.700.